The molecule has 0 saturated heterocycles. The first-order valence-electron chi connectivity index (χ1n) is 9.14. The smallest absolute Gasteiger partial charge is 0.401 e. The van der Waals surface area contributed by atoms with E-state index in [2.05, 4.69) is 20.6 Å². The molecule has 1 aromatic carbocycles. The second-order valence-corrected chi connectivity index (χ2v) is 6.34. The molecular weight excluding hydrogens is 498 g/mol. The van der Waals surface area contributed by atoms with E-state index in [1.54, 1.807) is 6.26 Å². The molecule has 0 atom stereocenters. The first kappa shape index (κ1) is 25.2. The van der Waals surface area contributed by atoms with E-state index >= 15 is 0 Å². The fourth-order valence-electron chi connectivity index (χ4n) is 2.54. The van der Waals surface area contributed by atoms with E-state index in [9.17, 15) is 13.2 Å². The van der Waals surface area contributed by atoms with Crippen LogP contribution < -0.4 is 10.6 Å². The number of nitrogens with zero attached hydrogens (tertiary/aromatic N) is 3. The lowest BCUT2D eigenvalue weighted by Crippen LogP contribution is -2.39. The Labute approximate surface area is 186 Å². The molecule has 6 nitrogen and oxygen atoms in total. The Morgan fingerprint density at radius 3 is 2.59 bits per heavy atom. The van der Waals surface area contributed by atoms with Gasteiger partial charge < -0.3 is 15.1 Å². The third-order valence-corrected chi connectivity index (χ3v) is 3.77. The van der Waals surface area contributed by atoms with Gasteiger partial charge in [0, 0.05) is 18.7 Å². The summed E-state index contributed by atoms with van der Waals surface area (Å²) in [5.74, 6) is 1.13. The fraction of sp³-hybridized carbons (Fsp3) is 0.474. The summed E-state index contributed by atoms with van der Waals surface area (Å²) in [5, 5.41) is 6.22. The minimum absolute atomic E-state index is 0. The Morgan fingerprint density at radius 2 is 1.93 bits per heavy atom. The van der Waals surface area contributed by atoms with Gasteiger partial charge in [-0.15, -0.1) is 24.0 Å². The number of rotatable bonds is 9. The standard InChI is InChI=1S/C19H26F3N5O.HI/c1-3-23-18(24-10-7-11-27(2)14-19(20,21)22)25-12-16-13-28-17(26-16)15-8-5-4-6-9-15;/h4-6,8-9,13H,3,7,10-12,14H2,1-2H3,(H2,23,24,25);1H. The molecule has 0 spiro atoms. The highest BCUT2D eigenvalue weighted by molar-refractivity contribution is 14.0. The summed E-state index contributed by atoms with van der Waals surface area (Å²) in [4.78, 5) is 10.1. The lowest BCUT2D eigenvalue weighted by molar-refractivity contribution is -0.143. The van der Waals surface area contributed by atoms with Gasteiger partial charge in [-0.05, 0) is 39.1 Å². The minimum Gasteiger partial charge on any atom is -0.444 e. The van der Waals surface area contributed by atoms with Gasteiger partial charge in [0.25, 0.3) is 0 Å². The van der Waals surface area contributed by atoms with Gasteiger partial charge in [0.05, 0.1) is 13.1 Å². The van der Waals surface area contributed by atoms with E-state index in [0.717, 1.165) is 5.56 Å². The van der Waals surface area contributed by atoms with Crippen LogP contribution in [-0.4, -0.2) is 55.2 Å². The van der Waals surface area contributed by atoms with Crippen LogP contribution in [0.5, 0.6) is 0 Å². The van der Waals surface area contributed by atoms with Gasteiger partial charge in [0.2, 0.25) is 5.89 Å². The van der Waals surface area contributed by atoms with E-state index in [-0.39, 0.29) is 24.0 Å². The molecule has 0 aliphatic carbocycles. The van der Waals surface area contributed by atoms with Crippen LogP contribution in [0, 0.1) is 0 Å². The zero-order chi connectivity index (χ0) is 20.4. The number of hydrogen-bond donors (Lipinski definition) is 2. The van der Waals surface area contributed by atoms with Gasteiger partial charge in [0.1, 0.15) is 12.0 Å². The molecule has 1 aromatic heterocycles. The average Bonchev–Trinajstić information content (AvgIpc) is 3.11. The Balaban J connectivity index is 0.00000420. The molecule has 0 fully saturated rings. The van der Waals surface area contributed by atoms with Crippen molar-refractivity contribution in [3.8, 4) is 11.5 Å². The van der Waals surface area contributed by atoms with Crippen molar-refractivity contribution in [3.05, 3.63) is 42.3 Å². The number of aromatic nitrogens is 1. The van der Waals surface area contributed by atoms with Crippen molar-refractivity contribution >= 4 is 29.9 Å². The lowest BCUT2D eigenvalue weighted by Gasteiger charge is -2.18. The van der Waals surface area contributed by atoms with Crippen molar-refractivity contribution in [1.82, 2.24) is 20.5 Å². The number of hydrogen-bond acceptors (Lipinski definition) is 4. The highest BCUT2D eigenvalue weighted by Crippen LogP contribution is 2.18. The predicted octanol–water partition coefficient (Wildman–Crippen LogP) is 3.90. The molecule has 0 aliphatic rings. The third-order valence-electron chi connectivity index (χ3n) is 3.77. The van der Waals surface area contributed by atoms with Crippen molar-refractivity contribution in [1.29, 1.82) is 0 Å². The zero-order valence-electron chi connectivity index (χ0n) is 16.5. The first-order valence-corrected chi connectivity index (χ1v) is 9.14. The van der Waals surface area contributed by atoms with E-state index in [1.807, 2.05) is 37.3 Å². The minimum atomic E-state index is -4.17. The Bertz CT molecular complexity index is 737. The SMILES string of the molecule is CCNC(=NCc1coc(-c2ccccc2)n1)NCCCN(C)CC(F)(F)F.I. The van der Waals surface area contributed by atoms with Gasteiger partial charge in [-0.25, -0.2) is 9.98 Å². The lowest BCUT2D eigenvalue weighted by atomic mass is 10.2. The summed E-state index contributed by atoms with van der Waals surface area (Å²) < 4.78 is 42.4. The summed E-state index contributed by atoms with van der Waals surface area (Å²) in [7, 11) is 1.46. The van der Waals surface area contributed by atoms with Gasteiger partial charge in [0.15, 0.2) is 5.96 Å². The van der Waals surface area contributed by atoms with Crippen molar-refractivity contribution in [2.24, 2.45) is 4.99 Å². The molecule has 0 radical (unpaired) electrons. The van der Waals surface area contributed by atoms with Crippen LogP contribution in [0.15, 0.2) is 46.0 Å². The molecule has 0 saturated carbocycles. The van der Waals surface area contributed by atoms with E-state index in [1.165, 1.54) is 11.9 Å². The molecule has 2 rings (SSSR count). The number of guanidine groups is 1. The monoisotopic (exact) mass is 525 g/mol. The van der Waals surface area contributed by atoms with Crippen LogP contribution in [0.4, 0.5) is 13.2 Å². The molecule has 2 aromatic rings. The first-order chi connectivity index (χ1) is 13.4. The number of nitrogens with one attached hydrogen (secondary N) is 2. The quantitative estimate of drug-likeness (QED) is 0.225. The van der Waals surface area contributed by atoms with E-state index < -0.39 is 12.7 Å². The number of oxazole rings is 1. The second-order valence-electron chi connectivity index (χ2n) is 6.34. The Kier molecular flexibility index (Phi) is 11.0. The summed E-state index contributed by atoms with van der Waals surface area (Å²) in [6.07, 6.45) is -2.03. The summed E-state index contributed by atoms with van der Waals surface area (Å²) in [6, 6.07) is 9.58. The molecule has 0 unspecified atom stereocenters. The van der Waals surface area contributed by atoms with E-state index in [4.69, 9.17) is 4.42 Å². The van der Waals surface area contributed by atoms with Crippen molar-refractivity contribution in [2.45, 2.75) is 26.1 Å². The van der Waals surface area contributed by atoms with Gasteiger partial charge in [-0.3, -0.25) is 4.90 Å². The van der Waals surface area contributed by atoms with Gasteiger partial charge in [-0.2, -0.15) is 13.2 Å². The maximum atomic E-state index is 12.3. The molecule has 10 heteroatoms. The van der Waals surface area contributed by atoms with Crippen molar-refractivity contribution in [2.75, 3.05) is 33.2 Å². The zero-order valence-corrected chi connectivity index (χ0v) is 18.8. The second kappa shape index (κ2) is 12.7. The van der Waals surface area contributed by atoms with Gasteiger partial charge >= 0.3 is 6.18 Å². The molecule has 0 aliphatic heterocycles. The largest absolute Gasteiger partial charge is 0.444 e. The maximum absolute atomic E-state index is 12.3. The average molecular weight is 525 g/mol. The maximum Gasteiger partial charge on any atom is 0.401 e. The van der Waals surface area contributed by atoms with Crippen LogP contribution in [0.25, 0.3) is 11.5 Å². The number of halogens is 4. The molecule has 162 valence electrons. The van der Waals surface area contributed by atoms with Crippen molar-refractivity contribution in [3.63, 3.8) is 0 Å². The third kappa shape index (κ3) is 9.97. The van der Waals surface area contributed by atoms with Crippen LogP contribution >= 0.6 is 24.0 Å². The highest BCUT2D eigenvalue weighted by Gasteiger charge is 2.28. The molecular formula is C19H27F3IN5O. The number of benzene rings is 1. The Morgan fingerprint density at radius 1 is 1.21 bits per heavy atom. The Hall–Kier alpha value is -1.82. The molecule has 0 amide bonds. The van der Waals surface area contributed by atoms with Crippen LogP contribution in [0.3, 0.4) is 0 Å². The summed E-state index contributed by atoms with van der Waals surface area (Å²) in [5.41, 5.74) is 1.59. The fourth-order valence-corrected chi connectivity index (χ4v) is 2.54. The molecule has 2 N–H and O–H groups in total. The topological polar surface area (TPSA) is 65.7 Å². The number of aliphatic imine (C=N–C) groups is 1. The highest BCUT2D eigenvalue weighted by atomic mass is 127. The predicted molar refractivity (Wildman–Crippen MR) is 118 cm³/mol. The van der Waals surface area contributed by atoms with Crippen molar-refractivity contribution < 1.29 is 17.6 Å². The van der Waals surface area contributed by atoms with E-state index in [0.29, 0.717) is 50.1 Å². The van der Waals surface area contributed by atoms with Crippen LogP contribution in [0.2, 0.25) is 0 Å². The normalized spacial score (nSPS) is 12.0. The van der Waals surface area contributed by atoms with Crippen LogP contribution in [-0.2, 0) is 6.54 Å². The molecule has 1 heterocycles. The number of alkyl halides is 3. The molecule has 29 heavy (non-hydrogen) atoms. The van der Waals surface area contributed by atoms with Gasteiger partial charge in [-0.1, -0.05) is 18.2 Å². The summed E-state index contributed by atoms with van der Waals surface area (Å²) >= 11 is 0. The molecule has 0 bridgehead atoms. The summed E-state index contributed by atoms with van der Waals surface area (Å²) in [6.45, 7) is 2.90. The van der Waals surface area contributed by atoms with Crippen LogP contribution in [0.1, 0.15) is 19.0 Å².